The fourth-order valence-corrected chi connectivity index (χ4v) is 4.53. The maximum Gasteiger partial charge on any atom is 0.253 e. The first-order valence-electron chi connectivity index (χ1n) is 11.8. The number of benzene rings is 3. The Kier molecular flexibility index (Phi) is 7.21. The van der Waals surface area contributed by atoms with Crippen LogP contribution in [0.15, 0.2) is 54.6 Å². The van der Waals surface area contributed by atoms with Crippen molar-refractivity contribution >= 4 is 5.91 Å². The minimum absolute atomic E-state index is 0.0592. The second kappa shape index (κ2) is 10.2. The van der Waals surface area contributed by atoms with Crippen molar-refractivity contribution < 1.29 is 18.3 Å². The number of ether oxygens (including phenoxy) is 1. The first-order valence-corrected chi connectivity index (χ1v) is 11.8. The molecular weight excluding hydrogens is 460 g/mol. The van der Waals surface area contributed by atoms with Crippen LogP contribution in [0.1, 0.15) is 41.8 Å². The molecule has 0 bridgehead atoms. The van der Waals surface area contributed by atoms with Crippen LogP contribution in [0.4, 0.5) is 8.78 Å². The number of carbonyl (C=O) groups is 1. The van der Waals surface area contributed by atoms with Gasteiger partial charge < -0.3 is 15.4 Å². The van der Waals surface area contributed by atoms with Gasteiger partial charge in [-0.15, -0.1) is 0 Å². The number of rotatable bonds is 6. The number of nitrogens with two attached hydrogens (primary N) is 1. The first kappa shape index (κ1) is 25.5. The van der Waals surface area contributed by atoms with Crippen molar-refractivity contribution in [2.45, 2.75) is 38.3 Å². The zero-order valence-electron chi connectivity index (χ0n) is 20.6. The molecule has 0 aromatic heterocycles. The third-order valence-electron chi connectivity index (χ3n) is 6.69. The molecule has 1 amide bonds. The lowest BCUT2D eigenvalue weighted by Gasteiger charge is -2.23. The van der Waals surface area contributed by atoms with Gasteiger partial charge in [0.15, 0.2) is 0 Å². The summed E-state index contributed by atoms with van der Waals surface area (Å²) < 4.78 is 35.4. The zero-order valence-corrected chi connectivity index (χ0v) is 20.6. The number of hydrogen-bond donors (Lipinski definition) is 1. The van der Waals surface area contributed by atoms with Crippen molar-refractivity contribution in [3.63, 3.8) is 0 Å². The predicted molar refractivity (Wildman–Crippen MR) is 135 cm³/mol. The van der Waals surface area contributed by atoms with Gasteiger partial charge in [-0.2, -0.15) is 5.26 Å². The number of hydrogen-bond acceptors (Lipinski definition) is 4. The summed E-state index contributed by atoms with van der Waals surface area (Å²) in [6.45, 7) is 4.89. The average molecular weight is 490 g/mol. The van der Waals surface area contributed by atoms with Crippen LogP contribution in [0.3, 0.4) is 0 Å². The van der Waals surface area contributed by atoms with Gasteiger partial charge in [-0.25, -0.2) is 8.78 Å². The van der Waals surface area contributed by atoms with Crippen molar-refractivity contribution in [3.8, 4) is 28.3 Å². The molecule has 3 aromatic carbocycles. The first-order chi connectivity index (χ1) is 17.1. The molecule has 1 aliphatic rings. The van der Waals surface area contributed by atoms with E-state index in [0.717, 1.165) is 12.0 Å². The Morgan fingerprint density at radius 3 is 2.44 bits per heavy atom. The number of likely N-dealkylation sites (tertiary alicyclic amines) is 1. The summed E-state index contributed by atoms with van der Waals surface area (Å²) in [6, 6.07) is 16.0. The molecule has 0 aliphatic carbocycles. The van der Waals surface area contributed by atoms with Crippen LogP contribution in [0, 0.1) is 23.0 Å². The van der Waals surface area contributed by atoms with E-state index in [-0.39, 0.29) is 17.5 Å². The summed E-state index contributed by atoms with van der Waals surface area (Å²) in [5.74, 6) is -1.29. The highest BCUT2D eigenvalue weighted by Crippen LogP contribution is 2.36. The Morgan fingerprint density at radius 2 is 1.83 bits per heavy atom. The highest BCUT2D eigenvalue weighted by Gasteiger charge is 2.26. The zero-order chi connectivity index (χ0) is 26.0. The monoisotopic (exact) mass is 489 g/mol. The van der Waals surface area contributed by atoms with Crippen LogP contribution in [0.5, 0.6) is 0 Å². The Bertz CT molecular complexity index is 1350. The number of nitriles is 1. The molecule has 5 nitrogen and oxygen atoms in total. The van der Waals surface area contributed by atoms with E-state index in [1.165, 1.54) is 18.2 Å². The molecule has 1 fully saturated rings. The van der Waals surface area contributed by atoms with E-state index in [1.54, 1.807) is 42.3 Å². The van der Waals surface area contributed by atoms with Crippen LogP contribution in [-0.4, -0.2) is 42.6 Å². The van der Waals surface area contributed by atoms with E-state index in [4.69, 9.17) is 15.7 Å². The fraction of sp³-hybridized carbons (Fsp3) is 0.310. The van der Waals surface area contributed by atoms with Gasteiger partial charge in [0.1, 0.15) is 17.7 Å². The molecule has 1 saturated heterocycles. The van der Waals surface area contributed by atoms with Crippen molar-refractivity contribution in [1.29, 1.82) is 5.26 Å². The lowest BCUT2D eigenvalue weighted by atomic mass is 9.90. The van der Waals surface area contributed by atoms with Crippen LogP contribution < -0.4 is 5.73 Å². The van der Waals surface area contributed by atoms with Crippen LogP contribution in [0.25, 0.3) is 22.3 Å². The van der Waals surface area contributed by atoms with Crippen molar-refractivity contribution in [3.05, 3.63) is 82.9 Å². The third kappa shape index (κ3) is 5.30. The van der Waals surface area contributed by atoms with Gasteiger partial charge in [-0.05, 0) is 72.9 Å². The molecule has 1 aliphatic heterocycles. The van der Waals surface area contributed by atoms with Crippen molar-refractivity contribution in [1.82, 2.24) is 4.90 Å². The topological polar surface area (TPSA) is 79.3 Å². The summed E-state index contributed by atoms with van der Waals surface area (Å²) in [7, 11) is 1.62. The van der Waals surface area contributed by atoms with E-state index in [1.807, 2.05) is 26.0 Å². The van der Waals surface area contributed by atoms with E-state index in [2.05, 4.69) is 0 Å². The molecule has 1 atom stereocenters. The molecule has 4 rings (SSSR count). The Morgan fingerprint density at radius 1 is 1.08 bits per heavy atom. The van der Waals surface area contributed by atoms with Crippen LogP contribution in [-0.2, 0) is 11.2 Å². The average Bonchev–Trinajstić information content (AvgIpc) is 3.29. The number of halogens is 2. The van der Waals surface area contributed by atoms with Crippen molar-refractivity contribution in [2.24, 2.45) is 5.73 Å². The quantitative estimate of drug-likeness (QED) is 0.509. The summed E-state index contributed by atoms with van der Waals surface area (Å²) in [5, 5.41) is 9.12. The van der Waals surface area contributed by atoms with Gasteiger partial charge in [-0.1, -0.05) is 24.3 Å². The number of nitrogens with zero attached hydrogens (tertiary/aromatic N) is 2. The maximum atomic E-state index is 15.4. The lowest BCUT2D eigenvalue weighted by molar-refractivity contribution is 0.0231. The Balaban J connectivity index is 1.80. The van der Waals surface area contributed by atoms with Crippen molar-refractivity contribution in [2.75, 3.05) is 20.2 Å². The second-order valence-electron chi connectivity index (χ2n) is 9.82. The van der Waals surface area contributed by atoms with Gasteiger partial charge in [0.05, 0.1) is 11.2 Å². The Labute approximate surface area is 210 Å². The molecule has 0 saturated carbocycles. The molecular formula is C29H29F2N3O2. The smallest absolute Gasteiger partial charge is 0.253 e. The van der Waals surface area contributed by atoms with E-state index < -0.39 is 17.2 Å². The number of methoxy groups -OCH3 is 1. The summed E-state index contributed by atoms with van der Waals surface area (Å²) in [5.41, 5.74) is 8.42. The SMILES string of the molecule is COC(C)(C)Cc1ccc(-c2ccc(C(=O)N3CC[C@H](N)C3)cc2-c2ccc(C#N)c(F)c2)c(F)c1. The lowest BCUT2D eigenvalue weighted by Crippen LogP contribution is -2.31. The minimum atomic E-state index is -0.680. The summed E-state index contributed by atoms with van der Waals surface area (Å²) in [4.78, 5) is 14.8. The molecule has 1 heterocycles. The molecule has 36 heavy (non-hydrogen) atoms. The minimum Gasteiger partial charge on any atom is -0.378 e. The molecule has 3 aromatic rings. The second-order valence-corrected chi connectivity index (χ2v) is 9.82. The van der Waals surface area contributed by atoms with E-state index >= 15 is 4.39 Å². The summed E-state index contributed by atoms with van der Waals surface area (Å²) in [6.07, 6.45) is 1.26. The van der Waals surface area contributed by atoms with Crippen LogP contribution >= 0.6 is 0 Å². The number of carbonyl (C=O) groups excluding carboxylic acids is 1. The molecule has 2 N–H and O–H groups in total. The van der Waals surface area contributed by atoms with Crippen LogP contribution in [0.2, 0.25) is 0 Å². The predicted octanol–water partition coefficient (Wildman–Crippen LogP) is 5.31. The molecule has 0 spiro atoms. The standard InChI is InChI=1S/C29H29F2N3O2/c1-29(2,36-3)15-18-4-8-24(27(31)12-18)23-9-7-20(28(35)34-11-10-22(33)17-34)13-25(23)19-5-6-21(16-32)26(30)14-19/h4-9,12-14,22H,10-11,15,17,33H2,1-3H3/t22-/m0/s1. The van der Waals surface area contributed by atoms with Gasteiger partial charge in [-0.3, -0.25) is 4.79 Å². The normalized spacial score (nSPS) is 15.7. The van der Waals surface area contributed by atoms with Gasteiger partial charge >= 0.3 is 0 Å². The largest absolute Gasteiger partial charge is 0.378 e. The fourth-order valence-electron chi connectivity index (χ4n) is 4.53. The Hall–Kier alpha value is -3.60. The highest BCUT2D eigenvalue weighted by molar-refractivity contribution is 5.98. The molecule has 7 heteroatoms. The van der Waals surface area contributed by atoms with Gasteiger partial charge in [0, 0.05) is 43.8 Å². The molecule has 186 valence electrons. The van der Waals surface area contributed by atoms with E-state index in [0.29, 0.717) is 47.3 Å². The molecule has 0 radical (unpaired) electrons. The number of amides is 1. The highest BCUT2D eigenvalue weighted by atomic mass is 19.1. The van der Waals surface area contributed by atoms with Gasteiger partial charge in [0.2, 0.25) is 0 Å². The molecule has 0 unspecified atom stereocenters. The van der Waals surface area contributed by atoms with Gasteiger partial charge in [0.25, 0.3) is 5.91 Å². The summed E-state index contributed by atoms with van der Waals surface area (Å²) >= 11 is 0. The maximum absolute atomic E-state index is 15.4. The van der Waals surface area contributed by atoms with E-state index in [9.17, 15) is 9.18 Å². The third-order valence-corrected chi connectivity index (χ3v) is 6.69.